The fourth-order valence-corrected chi connectivity index (χ4v) is 3.42. The third-order valence-electron chi connectivity index (χ3n) is 4.25. The van der Waals surface area contributed by atoms with Gasteiger partial charge in [0.25, 0.3) is 0 Å². The zero-order chi connectivity index (χ0) is 15.6. The van der Waals surface area contributed by atoms with Crippen LogP contribution in [0.15, 0.2) is 0 Å². The Balaban J connectivity index is 1.94. The van der Waals surface area contributed by atoms with Gasteiger partial charge in [0.15, 0.2) is 0 Å². The second-order valence-corrected chi connectivity index (χ2v) is 7.17. The molecule has 0 aromatic rings. The van der Waals surface area contributed by atoms with Crippen molar-refractivity contribution in [3.05, 3.63) is 0 Å². The van der Waals surface area contributed by atoms with Crippen molar-refractivity contribution in [2.75, 3.05) is 13.2 Å². The lowest BCUT2D eigenvalue weighted by molar-refractivity contribution is 0.00333. The molecule has 2 unspecified atom stereocenters. The first-order chi connectivity index (χ1) is 9.84. The molecule has 2 heterocycles. The van der Waals surface area contributed by atoms with Crippen molar-refractivity contribution in [3.8, 4) is 0 Å². The SMILES string of the molecule is CC(C)(C)OC(=O)N1C2CCC1CC(NC(CO)CO)C2. The molecule has 2 aliphatic heterocycles. The number of fused-ring (bicyclic) bond motifs is 2. The van der Waals surface area contributed by atoms with E-state index >= 15 is 0 Å². The number of ether oxygens (including phenoxy) is 1. The molecule has 0 aromatic heterocycles. The molecule has 0 aromatic carbocycles. The molecule has 0 spiro atoms. The Morgan fingerprint density at radius 3 is 2.19 bits per heavy atom. The minimum atomic E-state index is -0.468. The first-order valence-corrected chi connectivity index (χ1v) is 7.83. The molecule has 0 aliphatic carbocycles. The summed E-state index contributed by atoms with van der Waals surface area (Å²) in [6.07, 6.45) is 3.50. The lowest BCUT2D eigenvalue weighted by Crippen LogP contribution is -2.55. The Hall–Kier alpha value is -0.850. The van der Waals surface area contributed by atoms with Gasteiger partial charge in [-0.3, -0.25) is 0 Å². The molecular weight excluding hydrogens is 272 g/mol. The fourth-order valence-electron chi connectivity index (χ4n) is 3.42. The average Bonchev–Trinajstić information content (AvgIpc) is 2.66. The maximum atomic E-state index is 12.3. The number of carbonyl (C=O) groups excluding carboxylic acids is 1. The highest BCUT2D eigenvalue weighted by molar-refractivity contribution is 5.69. The molecule has 0 saturated carbocycles. The van der Waals surface area contributed by atoms with Gasteiger partial charge >= 0.3 is 6.09 Å². The van der Waals surface area contributed by atoms with E-state index in [1.807, 2.05) is 25.7 Å². The van der Waals surface area contributed by atoms with Crippen molar-refractivity contribution >= 4 is 6.09 Å². The van der Waals surface area contributed by atoms with Gasteiger partial charge < -0.3 is 25.2 Å². The third-order valence-corrected chi connectivity index (χ3v) is 4.25. The summed E-state index contributed by atoms with van der Waals surface area (Å²) in [6, 6.07) is 0.372. The maximum Gasteiger partial charge on any atom is 0.410 e. The molecule has 2 atom stereocenters. The molecule has 2 saturated heterocycles. The van der Waals surface area contributed by atoms with Crippen LogP contribution in [-0.4, -0.2) is 64.2 Å². The molecule has 2 aliphatic rings. The molecule has 21 heavy (non-hydrogen) atoms. The molecule has 2 bridgehead atoms. The number of rotatable bonds is 4. The van der Waals surface area contributed by atoms with Gasteiger partial charge in [-0.15, -0.1) is 0 Å². The Morgan fingerprint density at radius 1 is 1.24 bits per heavy atom. The van der Waals surface area contributed by atoms with Gasteiger partial charge in [-0.2, -0.15) is 0 Å². The summed E-state index contributed by atoms with van der Waals surface area (Å²) in [5.74, 6) is 0. The Bertz CT molecular complexity index is 351. The Labute approximate surface area is 126 Å². The van der Waals surface area contributed by atoms with Crippen molar-refractivity contribution in [2.24, 2.45) is 0 Å². The number of aliphatic hydroxyl groups excluding tert-OH is 2. The lowest BCUT2D eigenvalue weighted by atomic mass is 9.97. The number of carbonyl (C=O) groups is 1. The van der Waals surface area contributed by atoms with Gasteiger partial charge in [0.05, 0.1) is 19.3 Å². The van der Waals surface area contributed by atoms with Crippen LogP contribution in [0.25, 0.3) is 0 Å². The van der Waals surface area contributed by atoms with E-state index in [1.54, 1.807) is 0 Å². The lowest BCUT2D eigenvalue weighted by Gasteiger charge is -2.40. The standard InChI is InChI=1S/C15H28N2O4/c1-15(2,3)21-14(20)17-12-4-5-13(17)7-10(6-12)16-11(8-18)9-19/h10-13,16,18-19H,4-9H2,1-3H3. The van der Waals surface area contributed by atoms with Crippen molar-refractivity contribution in [3.63, 3.8) is 0 Å². The van der Waals surface area contributed by atoms with Crippen LogP contribution in [0.2, 0.25) is 0 Å². The maximum absolute atomic E-state index is 12.3. The molecule has 3 N–H and O–H groups in total. The van der Waals surface area contributed by atoms with E-state index in [9.17, 15) is 4.79 Å². The highest BCUT2D eigenvalue weighted by Crippen LogP contribution is 2.36. The minimum absolute atomic E-state index is 0.0713. The van der Waals surface area contributed by atoms with E-state index < -0.39 is 5.60 Å². The van der Waals surface area contributed by atoms with Crippen LogP contribution >= 0.6 is 0 Å². The summed E-state index contributed by atoms with van der Waals surface area (Å²) >= 11 is 0. The molecule has 2 rings (SSSR count). The average molecular weight is 300 g/mol. The van der Waals surface area contributed by atoms with Gasteiger partial charge in [-0.1, -0.05) is 0 Å². The monoisotopic (exact) mass is 300 g/mol. The van der Waals surface area contributed by atoms with Crippen LogP contribution in [0.4, 0.5) is 4.79 Å². The summed E-state index contributed by atoms with van der Waals surface area (Å²) in [7, 11) is 0. The van der Waals surface area contributed by atoms with Crippen LogP contribution in [-0.2, 0) is 4.74 Å². The number of nitrogens with zero attached hydrogens (tertiary/aromatic N) is 1. The molecule has 0 radical (unpaired) electrons. The smallest absolute Gasteiger partial charge is 0.410 e. The zero-order valence-corrected chi connectivity index (χ0v) is 13.2. The zero-order valence-electron chi connectivity index (χ0n) is 13.2. The van der Waals surface area contributed by atoms with Crippen LogP contribution in [0.5, 0.6) is 0 Å². The number of piperidine rings is 1. The van der Waals surface area contributed by atoms with E-state index in [0.29, 0.717) is 0 Å². The van der Waals surface area contributed by atoms with Gasteiger partial charge in [0.2, 0.25) is 0 Å². The third kappa shape index (κ3) is 4.08. The first-order valence-electron chi connectivity index (χ1n) is 7.83. The molecule has 2 fully saturated rings. The minimum Gasteiger partial charge on any atom is -0.444 e. The summed E-state index contributed by atoms with van der Waals surface area (Å²) < 4.78 is 5.50. The summed E-state index contributed by atoms with van der Waals surface area (Å²) in [5.41, 5.74) is -0.468. The van der Waals surface area contributed by atoms with Crippen LogP contribution in [0.3, 0.4) is 0 Å². The Morgan fingerprint density at radius 2 is 1.76 bits per heavy atom. The van der Waals surface area contributed by atoms with Crippen molar-refractivity contribution in [1.29, 1.82) is 0 Å². The van der Waals surface area contributed by atoms with Gasteiger partial charge in [0.1, 0.15) is 5.60 Å². The Kier molecular flexibility index (Phi) is 5.11. The second kappa shape index (κ2) is 6.50. The molecular formula is C15H28N2O4. The van der Waals surface area contributed by atoms with E-state index in [2.05, 4.69) is 5.32 Å². The van der Waals surface area contributed by atoms with Gasteiger partial charge in [-0.05, 0) is 46.5 Å². The molecule has 1 amide bonds. The number of amides is 1. The van der Waals surface area contributed by atoms with Crippen LogP contribution in [0, 0.1) is 0 Å². The number of hydrogen-bond donors (Lipinski definition) is 3. The number of aliphatic hydroxyl groups is 2. The quantitative estimate of drug-likeness (QED) is 0.717. The van der Waals surface area contributed by atoms with Crippen LogP contribution in [0.1, 0.15) is 46.5 Å². The van der Waals surface area contributed by atoms with Crippen molar-refractivity contribution < 1.29 is 19.7 Å². The first kappa shape index (κ1) is 16.5. The van der Waals surface area contributed by atoms with Crippen LogP contribution < -0.4 is 5.32 Å². The highest BCUT2D eigenvalue weighted by Gasteiger charge is 2.44. The van der Waals surface area contributed by atoms with E-state index in [4.69, 9.17) is 14.9 Å². The predicted molar refractivity (Wildman–Crippen MR) is 79.0 cm³/mol. The summed E-state index contributed by atoms with van der Waals surface area (Å²) in [6.45, 7) is 5.51. The summed E-state index contributed by atoms with van der Waals surface area (Å²) in [4.78, 5) is 14.2. The number of nitrogens with one attached hydrogen (secondary N) is 1. The molecule has 122 valence electrons. The van der Waals surface area contributed by atoms with E-state index in [0.717, 1.165) is 25.7 Å². The summed E-state index contributed by atoms with van der Waals surface area (Å²) in [5, 5.41) is 21.6. The molecule has 6 heteroatoms. The van der Waals surface area contributed by atoms with E-state index in [-0.39, 0.29) is 43.5 Å². The van der Waals surface area contributed by atoms with E-state index in [1.165, 1.54) is 0 Å². The highest BCUT2D eigenvalue weighted by atomic mass is 16.6. The van der Waals surface area contributed by atoms with Gasteiger partial charge in [-0.25, -0.2) is 4.79 Å². The fraction of sp³-hybridized carbons (Fsp3) is 0.933. The second-order valence-electron chi connectivity index (χ2n) is 7.17. The van der Waals surface area contributed by atoms with Gasteiger partial charge in [0, 0.05) is 18.1 Å². The topological polar surface area (TPSA) is 82.0 Å². The van der Waals surface area contributed by atoms with Crippen molar-refractivity contribution in [2.45, 2.75) is 76.2 Å². The number of hydrogen-bond acceptors (Lipinski definition) is 5. The largest absolute Gasteiger partial charge is 0.444 e. The molecule has 6 nitrogen and oxygen atoms in total. The normalized spacial score (nSPS) is 29.0. The predicted octanol–water partition coefficient (Wildman–Crippen LogP) is 0.860. The van der Waals surface area contributed by atoms with Crippen molar-refractivity contribution in [1.82, 2.24) is 10.2 Å².